The molecule has 0 atom stereocenters. The van der Waals surface area contributed by atoms with Crippen molar-refractivity contribution in [3.63, 3.8) is 0 Å². The van der Waals surface area contributed by atoms with Crippen molar-refractivity contribution in [2.24, 2.45) is 0 Å². The largest absolute Gasteiger partial charge is 0.394 e. The van der Waals surface area contributed by atoms with Gasteiger partial charge in [-0.15, -0.1) is 0 Å². The standard InChI is InChI=1S/C9H15N2/c1-9(2,3)11-6-4-5-8(10)7-11/h4-7H,10H2,1-3H3/q+1. The molecule has 0 amide bonds. The maximum absolute atomic E-state index is 5.63. The number of pyridine rings is 1. The molecule has 0 saturated carbocycles. The second-order valence-electron chi connectivity index (χ2n) is 3.72. The molecular weight excluding hydrogens is 136 g/mol. The summed E-state index contributed by atoms with van der Waals surface area (Å²) in [4.78, 5) is 0. The van der Waals surface area contributed by atoms with E-state index in [9.17, 15) is 0 Å². The molecule has 1 heterocycles. The Balaban J connectivity index is 3.06. The monoisotopic (exact) mass is 151 g/mol. The third-order valence-electron chi connectivity index (χ3n) is 1.60. The normalized spacial score (nSPS) is 11.5. The first kappa shape index (κ1) is 8.05. The van der Waals surface area contributed by atoms with Gasteiger partial charge in [0, 0.05) is 26.8 Å². The van der Waals surface area contributed by atoms with Gasteiger partial charge in [-0.05, 0) is 6.07 Å². The van der Waals surface area contributed by atoms with Gasteiger partial charge in [0.1, 0.15) is 0 Å². The minimum atomic E-state index is 0.120. The number of nitrogens with zero attached hydrogens (tertiary/aromatic N) is 1. The molecule has 1 aromatic rings. The van der Waals surface area contributed by atoms with E-state index in [1.165, 1.54) is 0 Å². The smallest absolute Gasteiger partial charge is 0.192 e. The summed E-state index contributed by atoms with van der Waals surface area (Å²) in [5.41, 5.74) is 6.56. The van der Waals surface area contributed by atoms with E-state index in [-0.39, 0.29) is 5.54 Å². The Morgan fingerprint density at radius 1 is 1.36 bits per heavy atom. The van der Waals surface area contributed by atoms with Crippen LogP contribution in [0.3, 0.4) is 0 Å². The fraction of sp³-hybridized carbons (Fsp3) is 0.444. The van der Waals surface area contributed by atoms with Gasteiger partial charge in [-0.3, -0.25) is 0 Å². The van der Waals surface area contributed by atoms with E-state index >= 15 is 0 Å². The molecule has 0 unspecified atom stereocenters. The Morgan fingerprint density at radius 2 is 2.00 bits per heavy atom. The number of anilines is 1. The number of aromatic nitrogens is 1. The molecule has 0 aliphatic carbocycles. The van der Waals surface area contributed by atoms with Gasteiger partial charge >= 0.3 is 0 Å². The van der Waals surface area contributed by atoms with E-state index in [1.54, 1.807) is 0 Å². The average molecular weight is 151 g/mol. The molecule has 1 aromatic heterocycles. The molecule has 0 spiro atoms. The number of hydrogen-bond donors (Lipinski definition) is 1. The highest BCUT2D eigenvalue weighted by molar-refractivity contribution is 5.30. The summed E-state index contributed by atoms with van der Waals surface area (Å²) >= 11 is 0. The molecule has 0 radical (unpaired) electrons. The highest BCUT2D eigenvalue weighted by Gasteiger charge is 2.20. The van der Waals surface area contributed by atoms with Crippen LogP contribution in [0, 0.1) is 0 Å². The second-order valence-corrected chi connectivity index (χ2v) is 3.72. The molecule has 0 aliphatic rings. The van der Waals surface area contributed by atoms with Crippen molar-refractivity contribution in [2.75, 3.05) is 5.73 Å². The number of nitrogens with two attached hydrogens (primary N) is 1. The minimum absolute atomic E-state index is 0.120. The zero-order valence-corrected chi connectivity index (χ0v) is 7.33. The zero-order valence-electron chi connectivity index (χ0n) is 7.33. The van der Waals surface area contributed by atoms with Gasteiger partial charge in [0.05, 0.1) is 5.69 Å². The molecule has 0 aromatic carbocycles. The van der Waals surface area contributed by atoms with Crippen molar-refractivity contribution in [2.45, 2.75) is 26.3 Å². The van der Waals surface area contributed by atoms with Gasteiger partial charge in [-0.2, -0.15) is 4.57 Å². The first-order valence-corrected chi connectivity index (χ1v) is 3.77. The maximum Gasteiger partial charge on any atom is 0.192 e. The molecule has 0 aliphatic heterocycles. The quantitative estimate of drug-likeness (QED) is 0.557. The lowest BCUT2D eigenvalue weighted by Crippen LogP contribution is -2.49. The zero-order chi connectivity index (χ0) is 8.48. The van der Waals surface area contributed by atoms with Crippen LogP contribution in [0.4, 0.5) is 5.69 Å². The highest BCUT2D eigenvalue weighted by atomic mass is 15.0. The van der Waals surface area contributed by atoms with Crippen molar-refractivity contribution < 1.29 is 4.57 Å². The molecule has 2 heteroatoms. The van der Waals surface area contributed by atoms with Crippen molar-refractivity contribution in [3.8, 4) is 0 Å². The Hall–Kier alpha value is -1.05. The fourth-order valence-electron chi connectivity index (χ4n) is 0.911. The lowest BCUT2D eigenvalue weighted by molar-refractivity contribution is -0.753. The minimum Gasteiger partial charge on any atom is -0.394 e. The van der Waals surface area contributed by atoms with Crippen molar-refractivity contribution >= 4 is 5.69 Å². The average Bonchev–Trinajstić information content (AvgIpc) is 1.86. The molecule has 0 bridgehead atoms. The molecule has 1 rings (SSSR count). The summed E-state index contributed by atoms with van der Waals surface area (Å²) in [5, 5.41) is 0. The van der Waals surface area contributed by atoms with Crippen LogP contribution in [0.15, 0.2) is 24.5 Å². The summed E-state index contributed by atoms with van der Waals surface area (Å²) < 4.78 is 2.10. The second kappa shape index (κ2) is 2.53. The Kier molecular flexibility index (Phi) is 1.85. The first-order chi connectivity index (χ1) is 5.00. The van der Waals surface area contributed by atoms with Crippen molar-refractivity contribution in [3.05, 3.63) is 24.5 Å². The highest BCUT2D eigenvalue weighted by Crippen LogP contribution is 2.04. The van der Waals surface area contributed by atoms with E-state index in [4.69, 9.17) is 5.73 Å². The van der Waals surface area contributed by atoms with Gasteiger partial charge in [-0.1, -0.05) is 0 Å². The van der Waals surface area contributed by atoms with Gasteiger partial charge in [0.2, 0.25) is 0 Å². The third kappa shape index (κ3) is 1.93. The number of rotatable bonds is 0. The Labute approximate surface area is 67.7 Å². The van der Waals surface area contributed by atoms with Crippen LogP contribution >= 0.6 is 0 Å². The van der Waals surface area contributed by atoms with Crippen molar-refractivity contribution in [1.29, 1.82) is 0 Å². The van der Waals surface area contributed by atoms with Crippen LogP contribution in [-0.4, -0.2) is 0 Å². The predicted octanol–water partition coefficient (Wildman–Crippen LogP) is 1.31. The summed E-state index contributed by atoms with van der Waals surface area (Å²) in [6, 6.07) is 3.85. The summed E-state index contributed by atoms with van der Waals surface area (Å²) in [5.74, 6) is 0. The predicted molar refractivity (Wildman–Crippen MR) is 46.0 cm³/mol. The van der Waals surface area contributed by atoms with E-state index in [2.05, 4.69) is 25.3 Å². The maximum atomic E-state index is 5.63. The molecule has 0 fully saturated rings. The lowest BCUT2D eigenvalue weighted by atomic mass is 10.1. The molecule has 2 N–H and O–H groups in total. The van der Waals surface area contributed by atoms with Crippen molar-refractivity contribution in [1.82, 2.24) is 0 Å². The van der Waals surface area contributed by atoms with Gasteiger partial charge < -0.3 is 5.73 Å². The Bertz CT molecular complexity index is 248. The molecule has 0 saturated heterocycles. The number of hydrogen-bond acceptors (Lipinski definition) is 1. The van der Waals surface area contributed by atoms with Crippen LogP contribution in [-0.2, 0) is 5.54 Å². The van der Waals surface area contributed by atoms with E-state index < -0.39 is 0 Å². The molecular formula is C9H15N2+. The van der Waals surface area contributed by atoms with E-state index in [1.807, 2.05) is 24.5 Å². The van der Waals surface area contributed by atoms with Gasteiger partial charge in [-0.25, -0.2) is 0 Å². The lowest BCUT2D eigenvalue weighted by Gasteiger charge is -2.12. The Morgan fingerprint density at radius 3 is 2.36 bits per heavy atom. The third-order valence-corrected chi connectivity index (χ3v) is 1.60. The topological polar surface area (TPSA) is 29.9 Å². The van der Waals surface area contributed by atoms with Crippen LogP contribution in [0.1, 0.15) is 20.8 Å². The van der Waals surface area contributed by atoms with E-state index in [0.29, 0.717) is 0 Å². The van der Waals surface area contributed by atoms with E-state index in [0.717, 1.165) is 5.69 Å². The van der Waals surface area contributed by atoms with Gasteiger partial charge in [0.15, 0.2) is 17.9 Å². The van der Waals surface area contributed by atoms with Crippen LogP contribution in [0.5, 0.6) is 0 Å². The van der Waals surface area contributed by atoms with Gasteiger partial charge in [0.25, 0.3) is 0 Å². The summed E-state index contributed by atoms with van der Waals surface area (Å²) in [6.45, 7) is 6.44. The number of nitrogen functional groups attached to an aromatic ring is 1. The van der Waals surface area contributed by atoms with Crippen LogP contribution in [0.25, 0.3) is 0 Å². The fourth-order valence-corrected chi connectivity index (χ4v) is 0.911. The SMILES string of the molecule is CC(C)(C)[n+]1cccc(N)c1. The van der Waals surface area contributed by atoms with Crippen LogP contribution < -0.4 is 10.3 Å². The first-order valence-electron chi connectivity index (χ1n) is 3.77. The molecule has 11 heavy (non-hydrogen) atoms. The molecule has 60 valence electrons. The summed E-state index contributed by atoms with van der Waals surface area (Å²) in [6.07, 6.45) is 3.97. The van der Waals surface area contributed by atoms with Crippen LogP contribution in [0.2, 0.25) is 0 Å². The molecule has 2 nitrogen and oxygen atoms in total. The summed E-state index contributed by atoms with van der Waals surface area (Å²) in [7, 11) is 0.